The van der Waals surface area contributed by atoms with Crippen molar-refractivity contribution in [3.05, 3.63) is 58.1 Å². The lowest BCUT2D eigenvalue weighted by molar-refractivity contribution is -0.120. The zero-order valence-corrected chi connectivity index (χ0v) is 13.0. The molecule has 0 atom stereocenters. The molecule has 0 fully saturated rings. The maximum atomic E-state index is 12.3. The number of carboxylic acid groups (broad SMARTS) is 1. The number of nitrogens with zero attached hydrogens (tertiary/aromatic N) is 1. The Balaban J connectivity index is 1.99. The van der Waals surface area contributed by atoms with Crippen LogP contribution in [0.5, 0.6) is 5.75 Å². The predicted molar refractivity (Wildman–Crippen MR) is 84.2 cm³/mol. The van der Waals surface area contributed by atoms with Crippen LogP contribution in [0, 0.1) is 0 Å². The Hall–Kier alpha value is -2.34. The van der Waals surface area contributed by atoms with Crippen LogP contribution in [0.15, 0.2) is 46.9 Å². The van der Waals surface area contributed by atoms with Crippen LogP contribution in [0.1, 0.15) is 15.9 Å². The Labute approximate surface area is 135 Å². The highest BCUT2D eigenvalue weighted by Gasteiger charge is 2.23. The van der Waals surface area contributed by atoms with Crippen molar-refractivity contribution in [1.82, 2.24) is 0 Å². The number of carbonyl (C=O) groups excluding carboxylic acids is 1. The minimum absolute atomic E-state index is 0.0739. The molecule has 0 bridgehead atoms. The molecule has 1 amide bonds. The highest BCUT2D eigenvalue weighted by atomic mass is 79.9. The summed E-state index contributed by atoms with van der Waals surface area (Å²) in [5, 5.41) is 9.10. The maximum Gasteiger partial charge on any atom is 0.335 e. The van der Waals surface area contributed by atoms with Crippen molar-refractivity contribution in [2.24, 2.45) is 0 Å². The molecule has 0 spiro atoms. The lowest BCUT2D eigenvalue weighted by Gasteiger charge is -2.20. The fraction of sp³-hybridized carbons (Fsp3) is 0.125. The summed E-state index contributed by atoms with van der Waals surface area (Å²) >= 11 is 3.36. The first-order chi connectivity index (χ1) is 10.5. The molecule has 22 heavy (non-hydrogen) atoms. The summed E-state index contributed by atoms with van der Waals surface area (Å²) in [6.07, 6.45) is 0. The highest BCUT2D eigenvalue weighted by Crippen LogP contribution is 2.28. The van der Waals surface area contributed by atoms with Gasteiger partial charge in [-0.25, -0.2) is 4.79 Å². The van der Waals surface area contributed by atoms with E-state index in [9.17, 15) is 9.59 Å². The van der Waals surface area contributed by atoms with E-state index in [4.69, 9.17) is 9.84 Å². The third kappa shape index (κ3) is 2.82. The van der Waals surface area contributed by atoms with E-state index in [1.54, 1.807) is 17.0 Å². The SMILES string of the molecule is O=C(O)c1ccc2c(c1)CN(c1ccc(Br)cc1)C(=O)CO2. The summed E-state index contributed by atoms with van der Waals surface area (Å²) in [5.74, 6) is -0.637. The van der Waals surface area contributed by atoms with Gasteiger partial charge >= 0.3 is 5.97 Å². The molecule has 1 N–H and O–H groups in total. The third-order valence-corrected chi connectivity index (χ3v) is 3.96. The molecule has 0 aliphatic carbocycles. The number of ether oxygens (including phenoxy) is 1. The van der Waals surface area contributed by atoms with Gasteiger partial charge in [0.2, 0.25) is 0 Å². The molecule has 2 aromatic rings. The summed E-state index contributed by atoms with van der Waals surface area (Å²) < 4.78 is 6.40. The Morgan fingerprint density at radius 1 is 1.18 bits per heavy atom. The number of rotatable bonds is 2. The van der Waals surface area contributed by atoms with Gasteiger partial charge in [-0.3, -0.25) is 4.79 Å². The molecule has 5 nitrogen and oxygen atoms in total. The van der Waals surface area contributed by atoms with E-state index in [1.807, 2.05) is 24.3 Å². The summed E-state index contributed by atoms with van der Waals surface area (Å²) in [4.78, 5) is 24.9. The van der Waals surface area contributed by atoms with Crippen LogP contribution >= 0.6 is 15.9 Å². The van der Waals surface area contributed by atoms with Crippen molar-refractivity contribution in [3.63, 3.8) is 0 Å². The van der Waals surface area contributed by atoms with Crippen molar-refractivity contribution in [1.29, 1.82) is 0 Å². The molecule has 3 rings (SSSR count). The van der Waals surface area contributed by atoms with Crippen LogP contribution in [0.2, 0.25) is 0 Å². The molecule has 0 unspecified atom stereocenters. The Bertz CT molecular complexity index is 742. The molecule has 0 radical (unpaired) electrons. The van der Waals surface area contributed by atoms with Crippen LogP contribution in [-0.2, 0) is 11.3 Å². The van der Waals surface area contributed by atoms with Gasteiger partial charge in [0.15, 0.2) is 6.61 Å². The number of carboxylic acids is 1. The lowest BCUT2D eigenvalue weighted by atomic mass is 10.1. The largest absolute Gasteiger partial charge is 0.483 e. The van der Waals surface area contributed by atoms with E-state index in [1.165, 1.54) is 6.07 Å². The monoisotopic (exact) mass is 361 g/mol. The molecular weight excluding hydrogens is 350 g/mol. The van der Waals surface area contributed by atoms with Crippen LogP contribution in [0.25, 0.3) is 0 Å². The standard InChI is InChI=1S/C16H12BrNO4/c17-12-2-4-13(5-3-12)18-8-11-7-10(16(20)21)1-6-14(11)22-9-15(18)19/h1-7H,8-9H2,(H,20,21). The molecule has 0 aromatic heterocycles. The minimum atomic E-state index is -1.01. The fourth-order valence-corrected chi connectivity index (χ4v) is 2.57. The number of halogens is 1. The predicted octanol–water partition coefficient (Wildman–Crippen LogP) is 3.07. The molecule has 2 aromatic carbocycles. The molecule has 0 saturated carbocycles. The van der Waals surface area contributed by atoms with Crippen LogP contribution < -0.4 is 9.64 Å². The van der Waals surface area contributed by atoms with Gasteiger partial charge in [-0.1, -0.05) is 15.9 Å². The van der Waals surface area contributed by atoms with E-state index in [-0.39, 0.29) is 24.6 Å². The van der Waals surface area contributed by atoms with Crippen molar-refractivity contribution in [2.75, 3.05) is 11.5 Å². The summed E-state index contributed by atoms with van der Waals surface area (Å²) in [7, 11) is 0. The summed E-state index contributed by atoms with van der Waals surface area (Å²) in [5.41, 5.74) is 1.59. The van der Waals surface area contributed by atoms with Crippen molar-refractivity contribution in [3.8, 4) is 5.75 Å². The number of amides is 1. The van der Waals surface area contributed by atoms with E-state index >= 15 is 0 Å². The quantitative estimate of drug-likeness (QED) is 0.892. The normalized spacial score (nSPS) is 14.0. The van der Waals surface area contributed by atoms with E-state index in [0.29, 0.717) is 11.3 Å². The topological polar surface area (TPSA) is 66.8 Å². The number of anilines is 1. The van der Waals surface area contributed by atoms with Gasteiger partial charge in [0.25, 0.3) is 5.91 Å². The molecule has 1 heterocycles. The van der Waals surface area contributed by atoms with E-state index in [0.717, 1.165) is 10.2 Å². The number of carbonyl (C=O) groups is 2. The van der Waals surface area contributed by atoms with E-state index < -0.39 is 5.97 Å². The molecule has 1 aliphatic heterocycles. The Morgan fingerprint density at radius 3 is 2.59 bits per heavy atom. The smallest absolute Gasteiger partial charge is 0.335 e. The van der Waals surface area contributed by atoms with Gasteiger partial charge in [0.1, 0.15) is 5.75 Å². The van der Waals surface area contributed by atoms with Gasteiger partial charge in [0.05, 0.1) is 12.1 Å². The average molecular weight is 362 g/mol. The van der Waals surface area contributed by atoms with Crippen LogP contribution in [0.3, 0.4) is 0 Å². The second-order valence-electron chi connectivity index (χ2n) is 4.87. The number of benzene rings is 2. The third-order valence-electron chi connectivity index (χ3n) is 3.43. The first-order valence-electron chi connectivity index (χ1n) is 6.59. The zero-order valence-electron chi connectivity index (χ0n) is 11.5. The van der Waals surface area contributed by atoms with Gasteiger partial charge < -0.3 is 14.7 Å². The number of fused-ring (bicyclic) bond motifs is 1. The maximum absolute atomic E-state index is 12.3. The summed E-state index contributed by atoms with van der Waals surface area (Å²) in [6.45, 7) is 0.201. The average Bonchev–Trinajstić information content (AvgIpc) is 2.67. The van der Waals surface area contributed by atoms with Gasteiger partial charge in [-0.15, -0.1) is 0 Å². The van der Waals surface area contributed by atoms with Crippen molar-refractivity contribution < 1.29 is 19.4 Å². The van der Waals surface area contributed by atoms with Crippen LogP contribution in [-0.4, -0.2) is 23.6 Å². The minimum Gasteiger partial charge on any atom is -0.483 e. The van der Waals surface area contributed by atoms with Gasteiger partial charge in [-0.2, -0.15) is 0 Å². The number of hydrogen-bond acceptors (Lipinski definition) is 3. The van der Waals surface area contributed by atoms with Gasteiger partial charge in [-0.05, 0) is 42.5 Å². The van der Waals surface area contributed by atoms with Gasteiger partial charge in [0, 0.05) is 15.7 Å². The second kappa shape index (κ2) is 5.81. The fourth-order valence-electron chi connectivity index (χ4n) is 2.31. The molecular formula is C16H12BrNO4. The molecule has 112 valence electrons. The summed E-state index contributed by atoms with van der Waals surface area (Å²) in [6, 6.07) is 12.0. The lowest BCUT2D eigenvalue weighted by Crippen LogP contribution is -2.32. The Kier molecular flexibility index (Phi) is 3.85. The van der Waals surface area contributed by atoms with E-state index in [2.05, 4.69) is 15.9 Å². The zero-order chi connectivity index (χ0) is 15.7. The van der Waals surface area contributed by atoms with Crippen molar-refractivity contribution >= 4 is 33.5 Å². The molecule has 1 aliphatic rings. The highest BCUT2D eigenvalue weighted by molar-refractivity contribution is 9.10. The number of aromatic carboxylic acids is 1. The number of hydrogen-bond donors (Lipinski definition) is 1. The molecule has 0 saturated heterocycles. The van der Waals surface area contributed by atoms with Crippen molar-refractivity contribution in [2.45, 2.75) is 6.54 Å². The van der Waals surface area contributed by atoms with Crippen LogP contribution in [0.4, 0.5) is 5.69 Å². The first kappa shape index (κ1) is 14.6. The molecule has 6 heteroatoms. The Morgan fingerprint density at radius 2 is 1.91 bits per heavy atom. The first-order valence-corrected chi connectivity index (χ1v) is 7.39. The second-order valence-corrected chi connectivity index (χ2v) is 5.79.